The van der Waals surface area contributed by atoms with Gasteiger partial charge < -0.3 is 13.9 Å². The molecule has 0 aliphatic carbocycles. The maximum atomic E-state index is 13.9. The Labute approximate surface area is 275 Å². The van der Waals surface area contributed by atoms with Crippen LogP contribution in [-0.2, 0) is 36.2 Å². The van der Waals surface area contributed by atoms with Crippen molar-refractivity contribution >= 4 is 31.8 Å². The first-order chi connectivity index (χ1) is 21.0. The van der Waals surface area contributed by atoms with E-state index >= 15 is 0 Å². The van der Waals surface area contributed by atoms with Gasteiger partial charge in [0.15, 0.2) is 19.4 Å². The molecule has 2 atom stereocenters. The molecule has 242 valence electrons. The van der Waals surface area contributed by atoms with Crippen molar-refractivity contribution in [1.82, 2.24) is 0 Å². The van der Waals surface area contributed by atoms with Gasteiger partial charge in [0.05, 0.1) is 13.0 Å². The van der Waals surface area contributed by atoms with Crippen LogP contribution in [-0.4, -0.2) is 38.5 Å². The molecule has 0 saturated carbocycles. The third kappa shape index (κ3) is 8.69. The highest BCUT2D eigenvalue weighted by Crippen LogP contribution is 2.44. The van der Waals surface area contributed by atoms with Crippen LogP contribution in [0.2, 0.25) is 18.1 Å². The number of hydrogen-bond acceptors (Lipinski definition) is 6. The minimum absolute atomic E-state index is 0.103. The Morgan fingerprint density at radius 3 is 2.18 bits per heavy atom. The quantitative estimate of drug-likeness (QED) is 0.0896. The molecule has 1 saturated heterocycles. The molecule has 1 heterocycles. The van der Waals surface area contributed by atoms with Crippen LogP contribution in [0.25, 0.3) is 0 Å². The molecule has 1 fully saturated rings. The van der Waals surface area contributed by atoms with E-state index in [0.717, 1.165) is 27.1 Å². The van der Waals surface area contributed by atoms with Crippen LogP contribution in [0.5, 0.6) is 5.75 Å². The van der Waals surface area contributed by atoms with Crippen LogP contribution in [0.4, 0.5) is 0 Å². The largest absolute Gasteiger partial charge is 0.491 e. The Bertz CT molecular complexity index is 1450. The molecule has 0 radical (unpaired) electrons. The van der Waals surface area contributed by atoms with Gasteiger partial charge in [0.25, 0.3) is 0 Å². The van der Waals surface area contributed by atoms with Gasteiger partial charge in [-0.3, -0.25) is 9.59 Å². The van der Waals surface area contributed by atoms with Gasteiger partial charge in [-0.25, -0.2) is 0 Å². The van der Waals surface area contributed by atoms with Crippen LogP contribution in [0, 0.1) is 6.92 Å². The summed E-state index contributed by atoms with van der Waals surface area (Å²) in [5.74, 6) is 0.134. The zero-order chi connectivity index (χ0) is 33.0. The van der Waals surface area contributed by atoms with Crippen molar-refractivity contribution in [3.63, 3.8) is 0 Å². The van der Waals surface area contributed by atoms with Gasteiger partial charge in [0.2, 0.25) is 0 Å². The Morgan fingerprint density at radius 2 is 1.58 bits per heavy atom. The van der Waals surface area contributed by atoms with Gasteiger partial charge in [-0.15, -0.1) is 11.8 Å². The molecular formula is C38H50O5SSi. The van der Waals surface area contributed by atoms with Crippen molar-refractivity contribution in [3.8, 4) is 5.75 Å². The summed E-state index contributed by atoms with van der Waals surface area (Å²) in [6.07, 6.45) is 1.30. The van der Waals surface area contributed by atoms with Crippen LogP contribution in [0.15, 0.2) is 77.7 Å². The van der Waals surface area contributed by atoms with Crippen LogP contribution in [0.1, 0.15) is 76.6 Å². The highest BCUT2D eigenvalue weighted by molar-refractivity contribution is 8.01. The molecule has 2 unspecified atom stereocenters. The van der Waals surface area contributed by atoms with E-state index in [0.29, 0.717) is 31.8 Å². The number of ketones is 1. The highest BCUT2D eigenvalue weighted by atomic mass is 32.2. The van der Waals surface area contributed by atoms with Crippen LogP contribution < -0.4 is 4.74 Å². The summed E-state index contributed by atoms with van der Waals surface area (Å²) >= 11 is 1.32. The second-order valence-corrected chi connectivity index (χ2v) is 20.7. The van der Waals surface area contributed by atoms with E-state index in [2.05, 4.69) is 85.0 Å². The average molecular weight is 647 g/mol. The maximum Gasteiger partial charge on any atom is 0.327 e. The Morgan fingerprint density at radius 1 is 0.911 bits per heavy atom. The number of carbonyl (C=O) groups excluding carboxylic acids is 2. The zero-order valence-electron chi connectivity index (χ0n) is 28.5. The molecule has 0 aromatic heterocycles. The molecule has 3 aromatic rings. The number of rotatable bonds is 11. The molecule has 7 heteroatoms. The summed E-state index contributed by atoms with van der Waals surface area (Å²) in [6.45, 7) is 20.6. The summed E-state index contributed by atoms with van der Waals surface area (Å²) in [4.78, 5) is 28.6. The van der Waals surface area contributed by atoms with Gasteiger partial charge in [-0.1, -0.05) is 96.1 Å². The van der Waals surface area contributed by atoms with Crippen molar-refractivity contribution in [2.75, 3.05) is 13.2 Å². The SMILES string of the molecule is Cc1ccc(C(C)(C)C)c(SC2C(=O)CC(CCc3ccccc3)(c3ccc(OCCO[Si](C)(C)C(C)(C)C)cc3)OC2=O)c1. The first kappa shape index (κ1) is 35.0. The fourth-order valence-corrected chi connectivity index (χ4v) is 7.73. The van der Waals surface area contributed by atoms with Crippen molar-refractivity contribution in [2.24, 2.45) is 0 Å². The third-order valence-electron chi connectivity index (χ3n) is 9.11. The first-order valence-electron chi connectivity index (χ1n) is 16.0. The van der Waals surface area contributed by atoms with Gasteiger partial charge in [0, 0.05) is 4.90 Å². The zero-order valence-corrected chi connectivity index (χ0v) is 30.3. The molecule has 45 heavy (non-hydrogen) atoms. The molecule has 1 aliphatic rings. The number of aryl methyl sites for hydroxylation is 2. The van der Waals surface area contributed by atoms with E-state index in [1.807, 2.05) is 49.4 Å². The Hall–Kier alpha value is -2.87. The molecule has 4 rings (SSSR count). The van der Waals surface area contributed by atoms with Crippen LogP contribution >= 0.6 is 11.8 Å². The lowest BCUT2D eigenvalue weighted by atomic mass is 9.81. The lowest BCUT2D eigenvalue weighted by Gasteiger charge is -2.39. The van der Waals surface area contributed by atoms with E-state index in [9.17, 15) is 9.59 Å². The van der Waals surface area contributed by atoms with E-state index < -0.39 is 25.1 Å². The van der Waals surface area contributed by atoms with Gasteiger partial charge in [-0.05, 0) is 83.8 Å². The topological polar surface area (TPSA) is 61.8 Å². The normalized spacial score (nSPS) is 19.4. The van der Waals surface area contributed by atoms with Gasteiger partial charge in [0.1, 0.15) is 18.0 Å². The Balaban J connectivity index is 1.53. The molecule has 0 amide bonds. The van der Waals surface area contributed by atoms with Crippen molar-refractivity contribution in [2.45, 2.75) is 107 Å². The van der Waals surface area contributed by atoms with E-state index in [1.165, 1.54) is 11.8 Å². The molecule has 0 N–H and O–H groups in total. The molecular weight excluding hydrogens is 597 g/mol. The number of benzene rings is 3. The highest BCUT2D eigenvalue weighted by Gasteiger charge is 2.48. The molecule has 0 spiro atoms. The lowest BCUT2D eigenvalue weighted by molar-refractivity contribution is -0.171. The second-order valence-electron chi connectivity index (χ2n) is 14.8. The summed E-state index contributed by atoms with van der Waals surface area (Å²) in [7, 11) is -1.84. The number of ether oxygens (including phenoxy) is 2. The predicted octanol–water partition coefficient (Wildman–Crippen LogP) is 9.20. The van der Waals surface area contributed by atoms with E-state index in [1.54, 1.807) is 0 Å². The summed E-state index contributed by atoms with van der Waals surface area (Å²) in [5.41, 5.74) is 2.97. The smallest absolute Gasteiger partial charge is 0.327 e. The fraction of sp³-hybridized carbons (Fsp3) is 0.474. The second kappa shape index (κ2) is 13.9. The number of cyclic esters (lactones) is 1. The maximum absolute atomic E-state index is 13.9. The number of hydrogen-bond donors (Lipinski definition) is 0. The fourth-order valence-electron chi connectivity index (χ4n) is 5.34. The van der Waals surface area contributed by atoms with E-state index in [4.69, 9.17) is 13.9 Å². The van der Waals surface area contributed by atoms with Crippen LogP contribution in [0.3, 0.4) is 0 Å². The minimum atomic E-state index is -1.84. The van der Waals surface area contributed by atoms with Gasteiger partial charge >= 0.3 is 5.97 Å². The minimum Gasteiger partial charge on any atom is -0.491 e. The number of Topliss-reactive ketones (excluding diaryl/α,β-unsaturated/α-hetero) is 1. The van der Waals surface area contributed by atoms with Gasteiger partial charge in [-0.2, -0.15) is 0 Å². The summed E-state index contributed by atoms with van der Waals surface area (Å²) in [6, 6.07) is 24.0. The lowest BCUT2D eigenvalue weighted by Crippen LogP contribution is -2.47. The van der Waals surface area contributed by atoms with Crippen molar-refractivity contribution in [1.29, 1.82) is 0 Å². The Kier molecular flexibility index (Phi) is 10.8. The number of carbonyl (C=O) groups is 2. The van der Waals surface area contributed by atoms with E-state index in [-0.39, 0.29) is 22.7 Å². The monoisotopic (exact) mass is 646 g/mol. The number of esters is 1. The first-order valence-corrected chi connectivity index (χ1v) is 19.7. The molecule has 5 nitrogen and oxygen atoms in total. The molecule has 1 aliphatic heterocycles. The number of thioether (sulfide) groups is 1. The summed E-state index contributed by atoms with van der Waals surface area (Å²) < 4.78 is 18.6. The summed E-state index contributed by atoms with van der Waals surface area (Å²) in [5, 5.41) is -0.759. The standard InChI is InChI=1S/C38H50O5SSi/c1-27-15-20-31(36(2,3)4)33(25-27)44-34-32(39)26-38(43-35(34)40,22-21-28-13-11-10-12-14-28)29-16-18-30(19-17-29)41-23-24-42-45(8,9)37(5,6)7/h10-20,25,34H,21-24,26H2,1-9H3. The van der Waals surface area contributed by atoms with Crippen molar-refractivity contribution in [3.05, 3.63) is 95.1 Å². The molecule has 3 aromatic carbocycles. The predicted molar refractivity (Wildman–Crippen MR) is 187 cm³/mol. The molecule has 0 bridgehead atoms. The average Bonchev–Trinajstić information content (AvgIpc) is 2.96. The van der Waals surface area contributed by atoms with Crippen molar-refractivity contribution < 1.29 is 23.5 Å². The third-order valence-corrected chi connectivity index (χ3v) is 14.9.